The van der Waals surface area contributed by atoms with Crippen LogP contribution >= 0.6 is 0 Å². The minimum absolute atomic E-state index is 0.0264. The standard InChI is InChI=1S/C12H15N5O2/c18-12(15-7-10-6-13-3-4-19-10)11-2-1-9-5-14-8-16-17(9)11/h1-2,5,8,10,13H,3-4,6-7H2,(H,15,18). The number of hydrogen-bond acceptors (Lipinski definition) is 5. The van der Waals surface area contributed by atoms with Crippen LogP contribution in [0.4, 0.5) is 0 Å². The summed E-state index contributed by atoms with van der Waals surface area (Å²) in [7, 11) is 0. The molecule has 0 saturated carbocycles. The first kappa shape index (κ1) is 12.1. The highest BCUT2D eigenvalue weighted by molar-refractivity contribution is 5.93. The van der Waals surface area contributed by atoms with Crippen molar-refractivity contribution in [2.24, 2.45) is 0 Å². The van der Waals surface area contributed by atoms with Gasteiger partial charge in [0.15, 0.2) is 0 Å². The predicted molar refractivity (Wildman–Crippen MR) is 67.9 cm³/mol. The van der Waals surface area contributed by atoms with E-state index in [1.54, 1.807) is 16.8 Å². The second kappa shape index (κ2) is 5.33. The Bertz CT molecular complexity index is 576. The highest BCUT2D eigenvalue weighted by Gasteiger charge is 2.16. The van der Waals surface area contributed by atoms with Crippen LogP contribution in [0.5, 0.6) is 0 Å². The number of amides is 1. The molecule has 0 spiro atoms. The predicted octanol–water partition coefficient (Wildman–Crippen LogP) is -0.552. The highest BCUT2D eigenvalue weighted by Crippen LogP contribution is 2.06. The quantitative estimate of drug-likeness (QED) is 0.774. The van der Waals surface area contributed by atoms with Crippen LogP contribution in [0.25, 0.3) is 5.52 Å². The molecule has 3 heterocycles. The first-order valence-electron chi connectivity index (χ1n) is 6.23. The van der Waals surface area contributed by atoms with Crippen molar-refractivity contribution in [3.8, 4) is 0 Å². The van der Waals surface area contributed by atoms with E-state index in [-0.39, 0.29) is 12.0 Å². The van der Waals surface area contributed by atoms with Crippen LogP contribution in [0, 0.1) is 0 Å². The fraction of sp³-hybridized carbons (Fsp3) is 0.417. The molecule has 1 amide bonds. The van der Waals surface area contributed by atoms with E-state index in [9.17, 15) is 4.79 Å². The summed E-state index contributed by atoms with van der Waals surface area (Å²) in [5.41, 5.74) is 1.30. The Morgan fingerprint density at radius 3 is 3.37 bits per heavy atom. The van der Waals surface area contributed by atoms with Crippen molar-refractivity contribution in [3.05, 3.63) is 30.4 Å². The lowest BCUT2D eigenvalue weighted by Gasteiger charge is -2.23. The fourth-order valence-corrected chi connectivity index (χ4v) is 2.08. The molecule has 0 radical (unpaired) electrons. The van der Waals surface area contributed by atoms with E-state index in [0.717, 1.165) is 18.6 Å². The molecule has 100 valence electrons. The summed E-state index contributed by atoms with van der Waals surface area (Å²) in [6.45, 7) is 2.80. The van der Waals surface area contributed by atoms with Crippen molar-refractivity contribution in [2.75, 3.05) is 26.2 Å². The highest BCUT2D eigenvalue weighted by atomic mass is 16.5. The molecule has 1 atom stereocenters. The average molecular weight is 261 g/mol. The zero-order chi connectivity index (χ0) is 13.1. The second-order valence-corrected chi connectivity index (χ2v) is 4.37. The van der Waals surface area contributed by atoms with Crippen molar-refractivity contribution < 1.29 is 9.53 Å². The molecule has 1 fully saturated rings. The largest absolute Gasteiger partial charge is 0.374 e. The van der Waals surface area contributed by atoms with Crippen LogP contribution in [-0.2, 0) is 4.74 Å². The Morgan fingerprint density at radius 1 is 1.58 bits per heavy atom. The number of nitrogens with zero attached hydrogens (tertiary/aromatic N) is 3. The fourth-order valence-electron chi connectivity index (χ4n) is 2.08. The van der Waals surface area contributed by atoms with Gasteiger partial charge in [-0.3, -0.25) is 4.79 Å². The molecule has 2 aromatic heterocycles. The molecule has 7 nitrogen and oxygen atoms in total. The van der Waals surface area contributed by atoms with E-state index in [4.69, 9.17) is 4.74 Å². The van der Waals surface area contributed by atoms with E-state index >= 15 is 0 Å². The van der Waals surface area contributed by atoms with Gasteiger partial charge in [-0.15, -0.1) is 0 Å². The van der Waals surface area contributed by atoms with E-state index in [2.05, 4.69) is 20.7 Å². The minimum Gasteiger partial charge on any atom is -0.374 e. The normalized spacial score (nSPS) is 19.5. The topological polar surface area (TPSA) is 80.5 Å². The van der Waals surface area contributed by atoms with Crippen LogP contribution in [-0.4, -0.2) is 52.9 Å². The summed E-state index contributed by atoms with van der Waals surface area (Å²) in [6.07, 6.45) is 3.11. The van der Waals surface area contributed by atoms with Crippen molar-refractivity contribution in [1.82, 2.24) is 25.2 Å². The molecule has 19 heavy (non-hydrogen) atoms. The lowest BCUT2D eigenvalue weighted by Crippen LogP contribution is -2.45. The van der Waals surface area contributed by atoms with Crippen molar-refractivity contribution in [3.63, 3.8) is 0 Å². The molecule has 3 rings (SSSR count). The Labute approximate surface area is 110 Å². The van der Waals surface area contributed by atoms with Crippen LogP contribution in [0.3, 0.4) is 0 Å². The maximum atomic E-state index is 12.1. The number of fused-ring (bicyclic) bond motifs is 1. The molecule has 1 saturated heterocycles. The zero-order valence-electron chi connectivity index (χ0n) is 10.4. The van der Waals surface area contributed by atoms with Gasteiger partial charge in [0.2, 0.25) is 0 Å². The number of carbonyl (C=O) groups excluding carboxylic acids is 1. The van der Waals surface area contributed by atoms with Crippen LogP contribution in [0.2, 0.25) is 0 Å². The number of aromatic nitrogens is 3. The Kier molecular flexibility index (Phi) is 3.39. The first-order valence-corrected chi connectivity index (χ1v) is 6.23. The van der Waals surface area contributed by atoms with E-state index in [1.165, 1.54) is 6.33 Å². The van der Waals surface area contributed by atoms with Crippen LogP contribution < -0.4 is 10.6 Å². The van der Waals surface area contributed by atoms with Crippen molar-refractivity contribution in [1.29, 1.82) is 0 Å². The summed E-state index contributed by atoms with van der Waals surface area (Å²) in [5.74, 6) is -0.159. The summed E-state index contributed by atoms with van der Waals surface area (Å²) < 4.78 is 7.10. The lowest BCUT2D eigenvalue weighted by molar-refractivity contribution is 0.0286. The summed E-state index contributed by atoms with van der Waals surface area (Å²) >= 11 is 0. The summed E-state index contributed by atoms with van der Waals surface area (Å²) in [4.78, 5) is 16.0. The SMILES string of the molecule is O=C(NCC1CNCCO1)c1ccc2cncnn12. The summed E-state index contributed by atoms with van der Waals surface area (Å²) in [5, 5.41) is 10.1. The van der Waals surface area contributed by atoms with Gasteiger partial charge in [-0.1, -0.05) is 0 Å². The Hall–Kier alpha value is -1.99. The molecular weight excluding hydrogens is 246 g/mol. The van der Waals surface area contributed by atoms with Gasteiger partial charge in [0.25, 0.3) is 5.91 Å². The number of nitrogens with one attached hydrogen (secondary N) is 2. The smallest absolute Gasteiger partial charge is 0.270 e. The first-order chi connectivity index (χ1) is 9.34. The molecule has 0 bridgehead atoms. The molecule has 0 aromatic carbocycles. The van der Waals surface area contributed by atoms with Crippen LogP contribution in [0.1, 0.15) is 10.5 Å². The maximum absolute atomic E-state index is 12.1. The van der Waals surface area contributed by atoms with Gasteiger partial charge in [-0.05, 0) is 12.1 Å². The number of hydrogen-bond donors (Lipinski definition) is 2. The van der Waals surface area contributed by atoms with Gasteiger partial charge in [0.1, 0.15) is 12.0 Å². The van der Waals surface area contributed by atoms with Gasteiger partial charge in [-0.25, -0.2) is 9.50 Å². The van der Waals surface area contributed by atoms with Gasteiger partial charge in [-0.2, -0.15) is 5.10 Å². The molecule has 2 N–H and O–H groups in total. The number of morpholine rings is 1. The van der Waals surface area contributed by atoms with E-state index in [1.807, 2.05) is 6.07 Å². The number of ether oxygens (including phenoxy) is 1. The van der Waals surface area contributed by atoms with Crippen molar-refractivity contribution in [2.45, 2.75) is 6.10 Å². The van der Waals surface area contributed by atoms with Gasteiger partial charge >= 0.3 is 0 Å². The van der Waals surface area contributed by atoms with Crippen molar-refractivity contribution >= 4 is 11.4 Å². The van der Waals surface area contributed by atoms with E-state index < -0.39 is 0 Å². The number of carbonyl (C=O) groups is 1. The second-order valence-electron chi connectivity index (χ2n) is 4.37. The molecule has 2 aromatic rings. The molecule has 0 aliphatic carbocycles. The minimum atomic E-state index is -0.159. The lowest BCUT2D eigenvalue weighted by atomic mass is 10.3. The molecule has 1 aliphatic rings. The van der Waals surface area contributed by atoms with Gasteiger partial charge < -0.3 is 15.4 Å². The Morgan fingerprint density at radius 2 is 2.53 bits per heavy atom. The average Bonchev–Trinajstić information content (AvgIpc) is 2.90. The van der Waals surface area contributed by atoms with Gasteiger partial charge in [0.05, 0.1) is 24.4 Å². The third-order valence-corrected chi connectivity index (χ3v) is 3.05. The van der Waals surface area contributed by atoms with Gasteiger partial charge in [0, 0.05) is 19.6 Å². The maximum Gasteiger partial charge on any atom is 0.270 e. The molecule has 1 aliphatic heterocycles. The Balaban J connectivity index is 1.66. The third kappa shape index (κ3) is 2.56. The molecule has 1 unspecified atom stereocenters. The third-order valence-electron chi connectivity index (χ3n) is 3.05. The number of rotatable bonds is 3. The van der Waals surface area contributed by atoms with E-state index in [0.29, 0.717) is 18.8 Å². The summed E-state index contributed by atoms with van der Waals surface area (Å²) in [6, 6.07) is 3.55. The molecular formula is C12H15N5O2. The molecule has 7 heteroatoms. The monoisotopic (exact) mass is 261 g/mol. The van der Waals surface area contributed by atoms with Crippen LogP contribution in [0.15, 0.2) is 24.7 Å². The zero-order valence-corrected chi connectivity index (χ0v) is 10.4.